The largest absolute Gasteiger partial charge is 0.351 e. The summed E-state index contributed by atoms with van der Waals surface area (Å²) < 4.78 is 1.91. The van der Waals surface area contributed by atoms with Gasteiger partial charge in [0.2, 0.25) is 5.91 Å². The van der Waals surface area contributed by atoms with E-state index in [0.717, 1.165) is 35.4 Å². The van der Waals surface area contributed by atoms with E-state index in [1.54, 1.807) is 0 Å². The minimum absolute atomic E-state index is 0.0306. The third-order valence-corrected chi connectivity index (χ3v) is 6.74. The third kappa shape index (κ3) is 4.85. The van der Waals surface area contributed by atoms with Crippen molar-refractivity contribution in [3.63, 3.8) is 0 Å². The average Bonchev–Trinajstić information content (AvgIpc) is 3.43. The number of nitrogens with zero attached hydrogens (tertiary/aromatic N) is 4. The van der Waals surface area contributed by atoms with Crippen molar-refractivity contribution < 1.29 is 9.59 Å². The fourth-order valence-corrected chi connectivity index (χ4v) is 4.71. The lowest BCUT2D eigenvalue weighted by Gasteiger charge is -2.24. The molecule has 0 spiro atoms. The molecule has 8 heteroatoms. The van der Waals surface area contributed by atoms with Crippen molar-refractivity contribution in [1.29, 1.82) is 0 Å². The number of nitrogens with one attached hydrogen (secondary N) is 1. The summed E-state index contributed by atoms with van der Waals surface area (Å²) in [6.07, 6.45) is 1.78. The monoisotopic (exact) mass is 449 g/mol. The molecule has 1 atom stereocenters. The van der Waals surface area contributed by atoms with Gasteiger partial charge >= 0.3 is 0 Å². The van der Waals surface area contributed by atoms with Crippen LogP contribution in [-0.2, 0) is 18.4 Å². The zero-order valence-corrected chi connectivity index (χ0v) is 19.1. The van der Waals surface area contributed by atoms with Gasteiger partial charge in [0.15, 0.2) is 11.0 Å². The summed E-state index contributed by atoms with van der Waals surface area (Å²) in [7, 11) is 1.90. The van der Waals surface area contributed by atoms with E-state index in [0.29, 0.717) is 18.2 Å². The Morgan fingerprint density at radius 2 is 1.84 bits per heavy atom. The molecule has 0 saturated carbocycles. The fourth-order valence-electron chi connectivity index (χ4n) is 3.97. The zero-order valence-electron chi connectivity index (χ0n) is 18.3. The Morgan fingerprint density at radius 3 is 2.62 bits per heavy atom. The van der Waals surface area contributed by atoms with Crippen molar-refractivity contribution >= 4 is 23.6 Å². The van der Waals surface area contributed by atoms with Crippen molar-refractivity contribution in [3.05, 3.63) is 77.1 Å². The number of carbonyl (C=O) groups is 2. The van der Waals surface area contributed by atoms with E-state index in [2.05, 4.69) is 15.5 Å². The highest BCUT2D eigenvalue weighted by Crippen LogP contribution is 2.33. The van der Waals surface area contributed by atoms with E-state index in [1.165, 1.54) is 11.8 Å². The molecule has 0 radical (unpaired) electrons. The lowest BCUT2D eigenvalue weighted by atomic mass is 10.1. The van der Waals surface area contributed by atoms with E-state index in [9.17, 15) is 9.59 Å². The van der Waals surface area contributed by atoms with Gasteiger partial charge in [0, 0.05) is 25.7 Å². The second kappa shape index (κ2) is 9.99. The van der Waals surface area contributed by atoms with Gasteiger partial charge in [0.1, 0.15) is 0 Å². The first-order valence-corrected chi connectivity index (χ1v) is 11.7. The maximum atomic E-state index is 13.2. The number of hydrogen-bond donors (Lipinski definition) is 1. The first-order valence-electron chi connectivity index (χ1n) is 10.7. The van der Waals surface area contributed by atoms with Crippen LogP contribution in [0, 0.1) is 6.92 Å². The molecule has 3 aromatic rings. The van der Waals surface area contributed by atoms with Crippen LogP contribution in [0.2, 0.25) is 0 Å². The molecule has 0 bridgehead atoms. The minimum Gasteiger partial charge on any atom is -0.351 e. The summed E-state index contributed by atoms with van der Waals surface area (Å²) in [5.74, 6) is 0.996. The predicted octanol–water partition coefficient (Wildman–Crippen LogP) is 3.51. The van der Waals surface area contributed by atoms with Crippen LogP contribution in [0.1, 0.15) is 46.2 Å². The van der Waals surface area contributed by atoms with Gasteiger partial charge in [-0.15, -0.1) is 10.2 Å². The Kier molecular flexibility index (Phi) is 6.90. The Balaban J connectivity index is 1.39. The van der Waals surface area contributed by atoms with E-state index in [-0.39, 0.29) is 23.6 Å². The van der Waals surface area contributed by atoms with Gasteiger partial charge < -0.3 is 14.8 Å². The summed E-state index contributed by atoms with van der Waals surface area (Å²) >= 11 is 1.35. The van der Waals surface area contributed by atoms with Gasteiger partial charge in [-0.1, -0.05) is 60.3 Å². The molecule has 1 aromatic heterocycles. The van der Waals surface area contributed by atoms with Gasteiger partial charge in [-0.3, -0.25) is 9.59 Å². The van der Waals surface area contributed by atoms with Gasteiger partial charge in [-0.05, 0) is 37.0 Å². The van der Waals surface area contributed by atoms with Crippen LogP contribution in [0.25, 0.3) is 0 Å². The number of aromatic nitrogens is 3. The van der Waals surface area contributed by atoms with Crippen molar-refractivity contribution in [1.82, 2.24) is 25.0 Å². The molecule has 7 nitrogen and oxygen atoms in total. The molecular formula is C24H27N5O2S. The molecule has 1 saturated heterocycles. The van der Waals surface area contributed by atoms with Crippen LogP contribution in [0.5, 0.6) is 0 Å². The number of thioether (sulfide) groups is 1. The second-order valence-corrected chi connectivity index (χ2v) is 8.86. The van der Waals surface area contributed by atoms with Crippen molar-refractivity contribution in [2.24, 2.45) is 7.05 Å². The number of carbonyl (C=O) groups excluding carboxylic acids is 2. The molecule has 2 heterocycles. The van der Waals surface area contributed by atoms with Gasteiger partial charge in [-0.2, -0.15) is 0 Å². The fraction of sp³-hybridized carbons (Fsp3) is 0.333. The molecule has 2 amide bonds. The summed E-state index contributed by atoms with van der Waals surface area (Å²) in [4.78, 5) is 27.3. The lowest BCUT2D eigenvalue weighted by molar-refractivity contribution is -0.118. The van der Waals surface area contributed by atoms with E-state index >= 15 is 0 Å². The van der Waals surface area contributed by atoms with E-state index < -0.39 is 0 Å². The molecule has 166 valence electrons. The number of aryl methyl sites for hydroxylation is 1. The van der Waals surface area contributed by atoms with Crippen molar-refractivity contribution in [3.8, 4) is 0 Å². The number of benzene rings is 2. The van der Waals surface area contributed by atoms with Crippen LogP contribution < -0.4 is 5.32 Å². The van der Waals surface area contributed by atoms with Gasteiger partial charge in [0.25, 0.3) is 5.91 Å². The Labute approximate surface area is 192 Å². The van der Waals surface area contributed by atoms with Crippen molar-refractivity contribution in [2.75, 3.05) is 12.3 Å². The maximum absolute atomic E-state index is 13.2. The first kappa shape index (κ1) is 22.1. The number of amides is 2. The molecule has 4 rings (SSSR count). The smallest absolute Gasteiger partial charge is 0.254 e. The molecule has 1 fully saturated rings. The molecular weight excluding hydrogens is 422 g/mol. The molecule has 1 aliphatic heterocycles. The van der Waals surface area contributed by atoms with Crippen LogP contribution in [-0.4, -0.2) is 43.8 Å². The number of rotatable bonds is 7. The molecule has 2 aromatic carbocycles. The summed E-state index contributed by atoms with van der Waals surface area (Å²) in [5, 5.41) is 12.3. The molecule has 32 heavy (non-hydrogen) atoms. The topological polar surface area (TPSA) is 80.1 Å². The average molecular weight is 450 g/mol. The minimum atomic E-state index is -0.110. The molecule has 1 unspecified atom stereocenters. The predicted molar refractivity (Wildman–Crippen MR) is 124 cm³/mol. The lowest BCUT2D eigenvalue weighted by Crippen LogP contribution is -2.32. The highest BCUT2D eigenvalue weighted by molar-refractivity contribution is 7.99. The van der Waals surface area contributed by atoms with Crippen LogP contribution >= 0.6 is 11.8 Å². The first-order chi connectivity index (χ1) is 15.5. The van der Waals surface area contributed by atoms with Crippen molar-refractivity contribution in [2.45, 2.75) is 37.5 Å². The second-order valence-electron chi connectivity index (χ2n) is 7.92. The SMILES string of the molecule is Cc1ccccc1C(=O)N1CCCC1c1nnc(SCC(=O)NCc2ccccc2)n1C. The van der Waals surface area contributed by atoms with Gasteiger partial charge in [0.05, 0.1) is 11.8 Å². The summed E-state index contributed by atoms with van der Waals surface area (Å²) in [6.45, 7) is 3.16. The normalized spacial score (nSPS) is 15.7. The van der Waals surface area contributed by atoms with Crippen LogP contribution in [0.15, 0.2) is 59.8 Å². The van der Waals surface area contributed by atoms with E-state index in [1.807, 2.05) is 78.0 Å². The summed E-state index contributed by atoms with van der Waals surface area (Å²) in [6, 6.07) is 17.4. The van der Waals surface area contributed by atoms with Gasteiger partial charge in [-0.25, -0.2) is 0 Å². The zero-order chi connectivity index (χ0) is 22.5. The number of hydrogen-bond acceptors (Lipinski definition) is 5. The number of likely N-dealkylation sites (tertiary alicyclic amines) is 1. The highest BCUT2D eigenvalue weighted by Gasteiger charge is 2.34. The Bertz CT molecular complexity index is 1100. The molecule has 1 N–H and O–H groups in total. The molecule has 1 aliphatic rings. The third-order valence-electron chi connectivity index (χ3n) is 5.72. The standard InChI is InChI=1S/C24H27N5O2S/c1-17-9-6-7-12-19(17)23(31)29-14-8-13-20(29)22-26-27-24(28(22)2)32-16-21(30)25-15-18-10-4-3-5-11-18/h3-7,9-12,20H,8,13-16H2,1-2H3,(H,25,30). The van der Waals surface area contributed by atoms with Crippen LogP contribution in [0.3, 0.4) is 0 Å². The van der Waals surface area contributed by atoms with Crippen LogP contribution in [0.4, 0.5) is 0 Å². The molecule has 0 aliphatic carbocycles. The Hall–Kier alpha value is -3.13. The quantitative estimate of drug-likeness (QED) is 0.559. The Morgan fingerprint density at radius 1 is 1.09 bits per heavy atom. The maximum Gasteiger partial charge on any atom is 0.254 e. The van der Waals surface area contributed by atoms with E-state index in [4.69, 9.17) is 0 Å². The highest BCUT2D eigenvalue weighted by atomic mass is 32.2. The summed E-state index contributed by atoms with van der Waals surface area (Å²) in [5.41, 5.74) is 2.76.